The van der Waals surface area contributed by atoms with Gasteiger partial charge in [-0.1, -0.05) is 0 Å². The highest BCUT2D eigenvalue weighted by molar-refractivity contribution is 5.90. The average Bonchev–Trinajstić information content (AvgIpc) is 2.94. The number of carbonyl (C=O) groups excluding carboxylic acids is 1. The van der Waals surface area contributed by atoms with Crippen molar-refractivity contribution in [3.63, 3.8) is 0 Å². The number of carbonyl (C=O) groups is 1. The zero-order valence-electron chi connectivity index (χ0n) is 13.5. The third-order valence-electron chi connectivity index (χ3n) is 4.12. The minimum absolute atomic E-state index is 0.0940. The summed E-state index contributed by atoms with van der Waals surface area (Å²) in [5.74, 6) is 1.35. The zero-order valence-corrected chi connectivity index (χ0v) is 13.5. The first kappa shape index (κ1) is 15.9. The lowest BCUT2D eigenvalue weighted by molar-refractivity contribution is 0.0692. The number of nitrogens with one attached hydrogen (secondary N) is 1. The molecule has 0 spiro atoms. The smallest absolute Gasteiger partial charge is 0.322 e. The van der Waals surface area contributed by atoms with E-state index in [9.17, 15) is 9.90 Å². The number of hydrogen-bond donors (Lipinski definition) is 2. The van der Waals surface area contributed by atoms with Gasteiger partial charge in [0.1, 0.15) is 0 Å². The molecule has 0 saturated carbocycles. The number of β-amino-alcohol motifs (C(OH)–C–C–N with tert-alkyl or cyclic N) is 1. The lowest BCUT2D eigenvalue weighted by atomic mass is 10.2. The second-order valence-corrected chi connectivity index (χ2v) is 6.15. The Hall–Kier alpha value is -1.99. The number of fused-ring (bicyclic) bond motifs is 1. The second-order valence-electron chi connectivity index (χ2n) is 6.15. The number of anilines is 1. The molecular formula is C16H23N3O4. The summed E-state index contributed by atoms with van der Waals surface area (Å²) < 4.78 is 10.6. The van der Waals surface area contributed by atoms with E-state index in [2.05, 4.69) is 10.2 Å². The predicted molar refractivity (Wildman–Crippen MR) is 85.9 cm³/mol. The Morgan fingerprint density at radius 1 is 1.39 bits per heavy atom. The lowest BCUT2D eigenvalue weighted by Gasteiger charge is -2.40. The molecule has 2 aliphatic rings. The van der Waals surface area contributed by atoms with Crippen molar-refractivity contribution < 1.29 is 19.4 Å². The van der Waals surface area contributed by atoms with Crippen LogP contribution in [0.4, 0.5) is 10.5 Å². The molecule has 2 atom stereocenters. The van der Waals surface area contributed by atoms with Crippen LogP contribution >= 0.6 is 0 Å². The van der Waals surface area contributed by atoms with Crippen molar-refractivity contribution in [2.45, 2.75) is 26.0 Å². The Kier molecular flexibility index (Phi) is 4.58. The number of nitrogens with zero attached hydrogens (tertiary/aromatic N) is 2. The molecule has 2 heterocycles. The highest BCUT2D eigenvalue weighted by Crippen LogP contribution is 2.34. The standard InChI is InChI=1S/C16H23N3O4/c1-11-8-18(9-12(2)20)5-6-19(11)16(21)17-13-3-4-14-15(7-13)23-10-22-14/h3-4,7,11-12,20H,5-6,8-10H2,1-2H3,(H,17,21). The molecule has 3 rings (SSSR count). The van der Waals surface area contributed by atoms with E-state index in [1.807, 2.05) is 11.8 Å². The highest BCUT2D eigenvalue weighted by atomic mass is 16.7. The van der Waals surface area contributed by atoms with Gasteiger partial charge < -0.3 is 24.8 Å². The molecule has 1 aromatic carbocycles. The number of urea groups is 1. The molecule has 0 aromatic heterocycles. The van der Waals surface area contributed by atoms with Crippen LogP contribution in [-0.2, 0) is 0 Å². The quantitative estimate of drug-likeness (QED) is 0.879. The van der Waals surface area contributed by atoms with Crippen LogP contribution in [0.1, 0.15) is 13.8 Å². The van der Waals surface area contributed by atoms with Gasteiger partial charge in [-0.25, -0.2) is 4.79 Å². The van der Waals surface area contributed by atoms with Gasteiger partial charge in [-0.3, -0.25) is 4.90 Å². The first-order valence-electron chi connectivity index (χ1n) is 7.90. The molecule has 2 N–H and O–H groups in total. The van der Waals surface area contributed by atoms with Gasteiger partial charge in [-0.2, -0.15) is 0 Å². The molecule has 0 aliphatic carbocycles. The summed E-state index contributed by atoms with van der Waals surface area (Å²) in [5, 5.41) is 12.4. The van der Waals surface area contributed by atoms with Crippen molar-refractivity contribution in [1.82, 2.24) is 9.80 Å². The molecule has 2 aliphatic heterocycles. The molecule has 2 amide bonds. The summed E-state index contributed by atoms with van der Waals surface area (Å²) in [6.07, 6.45) is -0.351. The summed E-state index contributed by atoms with van der Waals surface area (Å²) in [6, 6.07) is 5.35. The van der Waals surface area contributed by atoms with Crippen LogP contribution in [0.5, 0.6) is 11.5 Å². The van der Waals surface area contributed by atoms with Gasteiger partial charge in [0.05, 0.1) is 6.10 Å². The number of piperazine rings is 1. The molecule has 126 valence electrons. The van der Waals surface area contributed by atoms with Crippen molar-refractivity contribution in [1.29, 1.82) is 0 Å². The van der Waals surface area contributed by atoms with Gasteiger partial charge in [-0.15, -0.1) is 0 Å². The van der Waals surface area contributed by atoms with Crippen molar-refractivity contribution >= 4 is 11.7 Å². The SMILES string of the molecule is CC(O)CN1CCN(C(=O)Nc2ccc3c(c2)OCO3)C(C)C1. The van der Waals surface area contributed by atoms with Crippen LogP contribution in [0.15, 0.2) is 18.2 Å². The van der Waals surface area contributed by atoms with E-state index in [-0.39, 0.29) is 25.0 Å². The Morgan fingerprint density at radius 3 is 2.91 bits per heavy atom. The summed E-state index contributed by atoms with van der Waals surface area (Å²) in [4.78, 5) is 16.5. The van der Waals surface area contributed by atoms with Crippen molar-refractivity contribution in [3.8, 4) is 11.5 Å². The van der Waals surface area contributed by atoms with Crippen LogP contribution in [0.3, 0.4) is 0 Å². The fourth-order valence-corrected chi connectivity index (χ4v) is 3.04. The number of aliphatic hydroxyl groups is 1. The number of rotatable bonds is 3. The molecule has 23 heavy (non-hydrogen) atoms. The molecule has 2 unspecified atom stereocenters. The third kappa shape index (κ3) is 3.68. The first-order valence-corrected chi connectivity index (χ1v) is 7.90. The second kappa shape index (κ2) is 6.64. The summed E-state index contributed by atoms with van der Waals surface area (Å²) in [5.41, 5.74) is 0.692. The molecule has 1 saturated heterocycles. The first-order chi connectivity index (χ1) is 11.0. The molecule has 1 aromatic rings. The number of ether oxygens (including phenoxy) is 2. The molecule has 0 radical (unpaired) electrons. The van der Waals surface area contributed by atoms with Crippen LogP contribution in [0.25, 0.3) is 0 Å². The largest absolute Gasteiger partial charge is 0.454 e. The molecule has 1 fully saturated rings. The summed E-state index contributed by atoms with van der Waals surface area (Å²) in [6.45, 7) is 6.83. The number of aliphatic hydroxyl groups excluding tert-OH is 1. The maximum Gasteiger partial charge on any atom is 0.322 e. The zero-order chi connectivity index (χ0) is 16.4. The predicted octanol–water partition coefficient (Wildman–Crippen LogP) is 1.33. The molecule has 7 nitrogen and oxygen atoms in total. The minimum Gasteiger partial charge on any atom is -0.454 e. The number of hydrogen-bond acceptors (Lipinski definition) is 5. The van der Waals surface area contributed by atoms with E-state index in [1.54, 1.807) is 25.1 Å². The van der Waals surface area contributed by atoms with Crippen LogP contribution in [-0.4, -0.2) is 66.1 Å². The monoisotopic (exact) mass is 321 g/mol. The normalized spacial score (nSPS) is 22.0. The summed E-state index contributed by atoms with van der Waals surface area (Å²) in [7, 11) is 0. The van der Waals surface area contributed by atoms with Crippen LogP contribution < -0.4 is 14.8 Å². The van der Waals surface area contributed by atoms with E-state index in [0.29, 0.717) is 30.3 Å². The van der Waals surface area contributed by atoms with Crippen LogP contribution in [0, 0.1) is 0 Å². The fourth-order valence-electron chi connectivity index (χ4n) is 3.04. The molecule has 0 bridgehead atoms. The van der Waals surface area contributed by atoms with Gasteiger partial charge in [0.15, 0.2) is 11.5 Å². The Labute approximate surface area is 135 Å². The maximum atomic E-state index is 12.5. The van der Waals surface area contributed by atoms with Crippen LogP contribution in [0.2, 0.25) is 0 Å². The average molecular weight is 321 g/mol. The van der Waals surface area contributed by atoms with E-state index < -0.39 is 0 Å². The van der Waals surface area contributed by atoms with Gasteiger partial charge in [-0.05, 0) is 26.0 Å². The van der Waals surface area contributed by atoms with Crippen molar-refractivity contribution in [3.05, 3.63) is 18.2 Å². The fraction of sp³-hybridized carbons (Fsp3) is 0.562. The Balaban J connectivity index is 1.58. The number of benzene rings is 1. The summed E-state index contributed by atoms with van der Waals surface area (Å²) >= 11 is 0. The third-order valence-corrected chi connectivity index (χ3v) is 4.12. The van der Waals surface area contributed by atoms with E-state index >= 15 is 0 Å². The van der Waals surface area contributed by atoms with E-state index in [4.69, 9.17) is 9.47 Å². The topological polar surface area (TPSA) is 74.3 Å². The van der Waals surface area contributed by atoms with E-state index in [0.717, 1.165) is 13.1 Å². The molecule has 7 heteroatoms. The van der Waals surface area contributed by atoms with Gasteiger partial charge in [0.2, 0.25) is 6.79 Å². The number of amides is 2. The van der Waals surface area contributed by atoms with Gasteiger partial charge in [0, 0.05) is 44.0 Å². The lowest BCUT2D eigenvalue weighted by Crippen LogP contribution is -2.56. The Morgan fingerprint density at radius 2 is 2.17 bits per heavy atom. The highest BCUT2D eigenvalue weighted by Gasteiger charge is 2.28. The molecular weight excluding hydrogens is 298 g/mol. The minimum atomic E-state index is -0.351. The van der Waals surface area contributed by atoms with Crippen molar-refractivity contribution in [2.24, 2.45) is 0 Å². The Bertz CT molecular complexity index is 578. The van der Waals surface area contributed by atoms with Gasteiger partial charge >= 0.3 is 6.03 Å². The van der Waals surface area contributed by atoms with Crippen molar-refractivity contribution in [2.75, 3.05) is 38.3 Å². The maximum absolute atomic E-state index is 12.5. The van der Waals surface area contributed by atoms with E-state index in [1.165, 1.54) is 0 Å². The van der Waals surface area contributed by atoms with Gasteiger partial charge in [0.25, 0.3) is 0 Å².